The fourth-order valence-corrected chi connectivity index (χ4v) is 2.03. The van der Waals surface area contributed by atoms with Crippen molar-refractivity contribution in [2.45, 2.75) is 18.9 Å². The first kappa shape index (κ1) is 11.8. The molecular formula is C11H20N2O3. The van der Waals surface area contributed by atoms with Crippen LogP contribution in [0.4, 0.5) is 0 Å². The lowest BCUT2D eigenvalue weighted by atomic mass is 10.3. The van der Waals surface area contributed by atoms with Gasteiger partial charge in [0.25, 0.3) is 0 Å². The highest BCUT2D eigenvalue weighted by Gasteiger charge is 2.18. The van der Waals surface area contributed by atoms with Crippen molar-refractivity contribution < 1.29 is 14.3 Å². The van der Waals surface area contributed by atoms with Gasteiger partial charge in [-0.15, -0.1) is 0 Å². The van der Waals surface area contributed by atoms with Gasteiger partial charge in [0.15, 0.2) is 0 Å². The summed E-state index contributed by atoms with van der Waals surface area (Å²) in [6, 6.07) is 0. The molecule has 2 fully saturated rings. The van der Waals surface area contributed by atoms with Crippen molar-refractivity contribution in [1.82, 2.24) is 10.2 Å². The summed E-state index contributed by atoms with van der Waals surface area (Å²) in [5.41, 5.74) is 0. The number of piperazine rings is 1. The highest BCUT2D eigenvalue weighted by molar-refractivity contribution is 5.76. The first-order valence-electron chi connectivity index (χ1n) is 6.04. The zero-order valence-electron chi connectivity index (χ0n) is 9.61. The monoisotopic (exact) mass is 228 g/mol. The predicted octanol–water partition coefficient (Wildman–Crippen LogP) is -0.386. The number of carbonyl (C=O) groups excluding carboxylic acids is 1. The third kappa shape index (κ3) is 3.43. The Morgan fingerprint density at radius 3 is 2.94 bits per heavy atom. The minimum atomic E-state index is 0.204. The molecule has 1 amide bonds. The molecule has 0 bridgehead atoms. The minimum absolute atomic E-state index is 0.204. The summed E-state index contributed by atoms with van der Waals surface area (Å²) in [6.07, 6.45) is 1.66. The maximum atomic E-state index is 11.8. The third-order valence-electron chi connectivity index (χ3n) is 3.03. The highest BCUT2D eigenvalue weighted by atomic mass is 16.5. The second kappa shape index (κ2) is 6.18. The quantitative estimate of drug-likeness (QED) is 0.712. The largest absolute Gasteiger partial charge is 0.379 e. The average molecular weight is 228 g/mol. The van der Waals surface area contributed by atoms with Gasteiger partial charge in [-0.05, 0) is 6.42 Å². The Kier molecular flexibility index (Phi) is 4.56. The Balaban J connectivity index is 1.59. The van der Waals surface area contributed by atoms with Gasteiger partial charge in [-0.2, -0.15) is 0 Å². The number of nitrogens with one attached hydrogen (secondary N) is 1. The zero-order chi connectivity index (χ0) is 11.2. The topological polar surface area (TPSA) is 50.8 Å². The lowest BCUT2D eigenvalue weighted by Gasteiger charge is -2.27. The van der Waals surface area contributed by atoms with E-state index in [-0.39, 0.29) is 12.0 Å². The number of rotatable bonds is 4. The van der Waals surface area contributed by atoms with Crippen LogP contribution in [0.15, 0.2) is 0 Å². The number of nitrogens with zero attached hydrogens (tertiary/aromatic N) is 1. The molecule has 2 heterocycles. The molecule has 2 aliphatic rings. The molecule has 0 saturated carbocycles. The van der Waals surface area contributed by atoms with Crippen LogP contribution in [0.3, 0.4) is 0 Å². The van der Waals surface area contributed by atoms with Crippen LogP contribution >= 0.6 is 0 Å². The van der Waals surface area contributed by atoms with Crippen LogP contribution in [0.1, 0.15) is 12.8 Å². The molecule has 1 unspecified atom stereocenters. The fourth-order valence-electron chi connectivity index (χ4n) is 2.03. The van der Waals surface area contributed by atoms with Crippen LogP contribution < -0.4 is 5.32 Å². The van der Waals surface area contributed by atoms with Gasteiger partial charge in [0.05, 0.1) is 25.7 Å². The summed E-state index contributed by atoms with van der Waals surface area (Å²) in [7, 11) is 0. The minimum Gasteiger partial charge on any atom is -0.379 e. The summed E-state index contributed by atoms with van der Waals surface area (Å²) in [6.45, 7) is 5.46. The van der Waals surface area contributed by atoms with Crippen molar-refractivity contribution >= 4 is 5.91 Å². The lowest BCUT2D eigenvalue weighted by molar-refractivity contribution is -0.133. The van der Waals surface area contributed by atoms with Crippen LogP contribution in [0.5, 0.6) is 0 Å². The van der Waals surface area contributed by atoms with Gasteiger partial charge in [0, 0.05) is 32.8 Å². The molecule has 0 aromatic rings. The number of ether oxygens (including phenoxy) is 2. The van der Waals surface area contributed by atoms with Crippen molar-refractivity contribution in [3.8, 4) is 0 Å². The summed E-state index contributed by atoms with van der Waals surface area (Å²) in [4.78, 5) is 13.7. The molecule has 0 aromatic heterocycles. The molecule has 5 heteroatoms. The highest BCUT2D eigenvalue weighted by Crippen LogP contribution is 2.08. The summed E-state index contributed by atoms with van der Waals surface area (Å²) in [5.74, 6) is 0.209. The van der Waals surface area contributed by atoms with E-state index in [4.69, 9.17) is 9.47 Å². The first-order chi connectivity index (χ1) is 7.86. The van der Waals surface area contributed by atoms with Crippen LogP contribution in [0.25, 0.3) is 0 Å². The molecule has 0 aliphatic carbocycles. The van der Waals surface area contributed by atoms with E-state index in [1.54, 1.807) is 0 Å². The summed E-state index contributed by atoms with van der Waals surface area (Å²) < 4.78 is 10.8. The van der Waals surface area contributed by atoms with Gasteiger partial charge in [-0.25, -0.2) is 0 Å². The second-order valence-electron chi connectivity index (χ2n) is 4.24. The van der Waals surface area contributed by atoms with Crippen LogP contribution in [-0.4, -0.2) is 62.9 Å². The third-order valence-corrected chi connectivity index (χ3v) is 3.03. The molecule has 0 aromatic carbocycles. The van der Waals surface area contributed by atoms with E-state index in [1.807, 2.05) is 4.90 Å². The standard InChI is InChI=1S/C11H20N2O3/c14-11(13-5-3-12-4-6-13)2-8-16-10-1-7-15-9-10/h10,12H,1-9H2. The maximum Gasteiger partial charge on any atom is 0.224 e. The predicted molar refractivity (Wildman–Crippen MR) is 59.2 cm³/mol. The van der Waals surface area contributed by atoms with Crippen molar-refractivity contribution in [3.63, 3.8) is 0 Å². The molecule has 2 aliphatic heterocycles. The fraction of sp³-hybridized carbons (Fsp3) is 0.909. The number of hydrogen-bond donors (Lipinski definition) is 1. The van der Waals surface area contributed by atoms with Gasteiger partial charge in [0.2, 0.25) is 5.91 Å². The first-order valence-corrected chi connectivity index (χ1v) is 6.04. The van der Waals surface area contributed by atoms with E-state index in [9.17, 15) is 4.79 Å². The van der Waals surface area contributed by atoms with E-state index in [1.165, 1.54) is 0 Å². The van der Waals surface area contributed by atoms with Gasteiger partial charge in [0.1, 0.15) is 0 Å². The van der Waals surface area contributed by atoms with Crippen LogP contribution in [-0.2, 0) is 14.3 Å². The summed E-state index contributed by atoms with van der Waals surface area (Å²) in [5, 5.41) is 3.23. The maximum absolute atomic E-state index is 11.8. The molecule has 1 N–H and O–H groups in total. The van der Waals surface area contributed by atoms with E-state index >= 15 is 0 Å². The second-order valence-corrected chi connectivity index (χ2v) is 4.24. The Morgan fingerprint density at radius 2 is 2.25 bits per heavy atom. The molecular weight excluding hydrogens is 208 g/mol. The Hall–Kier alpha value is -0.650. The number of hydrogen-bond acceptors (Lipinski definition) is 4. The molecule has 2 rings (SSSR count). The molecule has 5 nitrogen and oxygen atoms in total. The molecule has 92 valence electrons. The van der Waals surface area contributed by atoms with Crippen LogP contribution in [0, 0.1) is 0 Å². The molecule has 2 saturated heterocycles. The summed E-state index contributed by atoms with van der Waals surface area (Å²) >= 11 is 0. The van der Waals surface area contributed by atoms with Gasteiger partial charge < -0.3 is 19.7 Å². The van der Waals surface area contributed by atoms with E-state index < -0.39 is 0 Å². The Morgan fingerprint density at radius 1 is 1.44 bits per heavy atom. The van der Waals surface area contributed by atoms with E-state index in [0.717, 1.165) is 39.2 Å². The Labute approximate surface area is 96.1 Å². The zero-order valence-corrected chi connectivity index (χ0v) is 9.61. The van der Waals surface area contributed by atoms with Crippen molar-refractivity contribution in [2.75, 3.05) is 46.0 Å². The van der Waals surface area contributed by atoms with Crippen LogP contribution in [0.2, 0.25) is 0 Å². The van der Waals surface area contributed by atoms with E-state index in [2.05, 4.69) is 5.32 Å². The number of amides is 1. The van der Waals surface area contributed by atoms with Gasteiger partial charge in [-0.1, -0.05) is 0 Å². The molecule has 16 heavy (non-hydrogen) atoms. The van der Waals surface area contributed by atoms with E-state index in [0.29, 0.717) is 19.6 Å². The molecule has 0 radical (unpaired) electrons. The smallest absolute Gasteiger partial charge is 0.224 e. The molecule has 0 spiro atoms. The normalized spacial score (nSPS) is 26.0. The van der Waals surface area contributed by atoms with Gasteiger partial charge in [-0.3, -0.25) is 4.79 Å². The van der Waals surface area contributed by atoms with Crippen molar-refractivity contribution in [1.29, 1.82) is 0 Å². The van der Waals surface area contributed by atoms with Crippen molar-refractivity contribution in [3.05, 3.63) is 0 Å². The van der Waals surface area contributed by atoms with Crippen molar-refractivity contribution in [2.24, 2.45) is 0 Å². The number of carbonyl (C=O) groups is 1. The van der Waals surface area contributed by atoms with Gasteiger partial charge >= 0.3 is 0 Å². The Bertz CT molecular complexity index is 223. The average Bonchev–Trinajstić information content (AvgIpc) is 2.83. The molecule has 1 atom stereocenters. The lowest BCUT2D eigenvalue weighted by Crippen LogP contribution is -2.46. The SMILES string of the molecule is O=C(CCOC1CCOC1)N1CCNCC1.